The van der Waals surface area contributed by atoms with Crippen molar-refractivity contribution in [2.45, 2.75) is 150 Å². The smallest absolute Gasteiger partial charge is 0.246 e. The summed E-state index contributed by atoms with van der Waals surface area (Å²) in [6.45, 7) is 20.0. The molecule has 8 atom stereocenters. The van der Waals surface area contributed by atoms with Gasteiger partial charge < -0.3 is 50.2 Å². The van der Waals surface area contributed by atoms with Gasteiger partial charge in [0.1, 0.15) is 6.61 Å². The number of hydrogen-bond acceptors (Lipinski definition) is 14. The summed E-state index contributed by atoms with van der Waals surface area (Å²) in [4.78, 5) is 70.3. The second-order valence-corrected chi connectivity index (χ2v) is 26.5. The van der Waals surface area contributed by atoms with Gasteiger partial charge in [-0.15, -0.1) is 5.10 Å². The minimum atomic E-state index is -1.15. The van der Waals surface area contributed by atoms with E-state index >= 15 is 0 Å². The first-order valence-corrected chi connectivity index (χ1v) is 32.5. The number of phenols is 2. The van der Waals surface area contributed by atoms with E-state index in [1.807, 2.05) is 0 Å². The first-order valence-electron chi connectivity index (χ1n) is 32.5. The molecule has 1 saturated heterocycles. The Bertz CT molecular complexity index is 2820. The average Bonchev–Trinajstić information content (AvgIpc) is 1.79. The SMILES string of the molecule is COc1cc(/C=C/C(=O)C(Cc2cn(CCNC(=O)CCC(=O)NCCCN3CCN(CCCNC(=O)CO[C@H]4CC[C@@]5(C)C(=CC[C@H]6[C@@H]7CC[C@H]([C@H](C)CCCC(C)C)[C@@]7(C)CC[C@@H]65)C4)CC3)nn2)C(=O)/C=C/c2ccc(O)c(OC)c2)ccc1O. The van der Waals surface area contributed by atoms with Gasteiger partial charge in [0.2, 0.25) is 17.7 Å². The molecule has 0 unspecified atom stereocenters. The van der Waals surface area contributed by atoms with E-state index in [0.717, 1.165) is 100 Å². The summed E-state index contributed by atoms with van der Waals surface area (Å²) in [5.41, 5.74) is 3.92. The highest BCUT2D eigenvalue weighted by molar-refractivity contribution is 6.13. The van der Waals surface area contributed by atoms with Crippen LogP contribution in [0.15, 0.2) is 66.4 Å². The molecule has 8 rings (SSSR count). The summed E-state index contributed by atoms with van der Waals surface area (Å²) in [6, 6.07) is 9.23. The van der Waals surface area contributed by atoms with Crippen LogP contribution in [0.5, 0.6) is 23.0 Å². The number of nitrogens with one attached hydrogen (secondary N) is 3. The van der Waals surface area contributed by atoms with Gasteiger partial charge >= 0.3 is 0 Å². The standard InChI is InChI=1S/C69H100N8O10/c1-47(2)11-8-12-48(3)56-19-20-57-54-18-17-51-43-53(27-29-68(51,4)58(54)28-30-69(56,57)5)87-46-67(84)71-32-10-35-76-39-37-75(38-40-76)34-9-31-70-65(82)25-26-66(83)72-33-36-77-45-52(73-74-77)44-55(59(78)21-13-49-15-23-61(80)63(41-49)85-6)60(79)22-14-50-16-24-62(81)64(42-50)86-7/h13-17,21-24,41-42,45,47-48,53-58,80-81H,8-12,18-20,25-40,43-44,46H2,1-7H3,(H,70,82)(H,71,84)(H,72,83)/b21-13+,22-14+/t48-,53+,54+,56-,57+,58+,68+,69-/m1/s1. The lowest BCUT2D eigenvalue weighted by Crippen LogP contribution is -2.51. The molecule has 2 aromatic carbocycles. The lowest BCUT2D eigenvalue weighted by atomic mass is 9.47. The number of nitrogens with zero attached hydrogens (tertiary/aromatic N) is 5. The number of hydrogen-bond donors (Lipinski definition) is 5. The van der Waals surface area contributed by atoms with Gasteiger partial charge in [-0.1, -0.05) is 95.0 Å². The van der Waals surface area contributed by atoms with Crippen molar-refractivity contribution in [3.8, 4) is 23.0 Å². The van der Waals surface area contributed by atoms with Crippen molar-refractivity contribution in [1.29, 1.82) is 0 Å². The molecule has 18 heteroatoms. The number of carbonyl (C=O) groups excluding carboxylic acids is 5. The number of rotatable bonds is 32. The molecule has 18 nitrogen and oxygen atoms in total. The highest BCUT2D eigenvalue weighted by atomic mass is 16.5. The Morgan fingerprint density at radius 1 is 0.713 bits per heavy atom. The van der Waals surface area contributed by atoms with Crippen LogP contribution >= 0.6 is 0 Å². The van der Waals surface area contributed by atoms with Gasteiger partial charge in [-0.2, -0.15) is 0 Å². The largest absolute Gasteiger partial charge is 0.504 e. The third-order valence-electron chi connectivity index (χ3n) is 20.3. The van der Waals surface area contributed by atoms with Gasteiger partial charge in [0.15, 0.2) is 34.6 Å². The number of piperazine rings is 1. The fraction of sp³-hybridized carbons (Fsp3) is 0.638. The molecule has 5 N–H and O–H groups in total. The molecule has 0 radical (unpaired) electrons. The highest BCUT2D eigenvalue weighted by Gasteiger charge is 2.59. The molecule has 3 aromatic rings. The van der Waals surface area contributed by atoms with E-state index in [1.165, 1.54) is 113 Å². The third kappa shape index (κ3) is 18.1. The Balaban J connectivity index is 0.654. The molecule has 4 fully saturated rings. The molecule has 1 aliphatic heterocycles. The van der Waals surface area contributed by atoms with Crippen LogP contribution in [0.25, 0.3) is 12.2 Å². The van der Waals surface area contributed by atoms with E-state index in [-0.39, 0.29) is 91.2 Å². The molecule has 4 aliphatic carbocycles. The summed E-state index contributed by atoms with van der Waals surface area (Å²) < 4.78 is 18.2. The Kier molecular flexibility index (Phi) is 24.3. The van der Waals surface area contributed by atoms with Crippen molar-refractivity contribution in [1.82, 2.24) is 40.7 Å². The van der Waals surface area contributed by atoms with Crippen molar-refractivity contribution in [3.05, 3.63) is 83.2 Å². The number of amides is 3. The number of ether oxygens (including phenoxy) is 3. The first-order chi connectivity index (χ1) is 41.8. The van der Waals surface area contributed by atoms with Crippen molar-refractivity contribution in [3.63, 3.8) is 0 Å². The Morgan fingerprint density at radius 2 is 1.31 bits per heavy atom. The first kappa shape index (κ1) is 66.6. The number of phenolic OH excluding ortho intramolecular Hbond substituents is 2. The van der Waals surface area contributed by atoms with Gasteiger partial charge in [-0.05, 0) is 171 Å². The number of benzene rings is 2. The number of allylic oxidation sites excluding steroid dienone is 3. The van der Waals surface area contributed by atoms with Gasteiger partial charge in [-0.25, -0.2) is 0 Å². The molecule has 3 saturated carbocycles. The predicted octanol–water partition coefficient (Wildman–Crippen LogP) is 9.38. The molecule has 476 valence electrons. The van der Waals surface area contributed by atoms with Gasteiger partial charge in [0, 0.05) is 71.3 Å². The molecule has 1 aromatic heterocycles. The predicted molar refractivity (Wildman–Crippen MR) is 338 cm³/mol. The van der Waals surface area contributed by atoms with Crippen molar-refractivity contribution in [2.75, 3.05) is 79.7 Å². The minimum Gasteiger partial charge on any atom is -0.504 e. The van der Waals surface area contributed by atoms with E-state index in [4.69, 9.17) is 14.2 Å². The molecule has 3 amide bonds. The lowest BCUT2D eigenvalue weighted by molar-refractivity contribution is -0.129. The van der Waals surface area contributed by atoms with E-state index in [1.54, 1.807) is 36.0 Å². The maximum atomic E-state index is 13.6. The van der Waals surface area contributed by atoms with Gasteiger partial charge in [-0.3, -0.25) is 28.7 Å². The molecule has 87 heavy (non-hydrogen) atoms. The van der Waals surface area contributed by atoms with Crippen LogP contribution in [0.4, 0.5) is 0 Å². The zero-order valence-electron chi connectivity index (χ0n) is 53.0. The molecular formula is C69H100N8O10. The maximum Gasteiger partial charge on any atom is 0.246 e. The molecule has 0 spiro atoms. The van der Waals surface area contributed by atoms with Crippen LogP contribution in [0.3, 0.4) is 0 Å². The van der Waals surface area contributed by atoms with E-state index in [2.05, 4.69) is 76.8 Å². The Morgan fingerprint density at radius 3 is 1.91 bits per heavy atom. The summed E-state index contributed by atoms with van der Waals surface area (Å²) in [6.07, 6.45) is 25.9. The average molecular weight is 1200 g/mol. The summed E-state index contributed by atoms with van der Waals surface area (Å²) in [7, 11) is 2.84. The third-order valence-corrected chi connectivity index (χ3v) is 20.3. The van der Waals surface area contributed by atoms with Crippen molar-refractivity contribution in [2.24, 2.45) is 52.3 Å². The minimum absolute atomic E-state index is 0.0188. The number of fused-ring (bicyclic) bond motifs is 5. The monoisotopic (exact) mass is 1200 g/mol. The second-order valence-electron chi connectivity index (χ2n) is 26.5. The summed E-state index contributed by atoms with van der Waals surface area (Å²) >= 11 is 0. The van der Waals surface area contributed by atoms with E-state index < -0.39 is 17.5 Å². The van der Waals surface area contributed by atoms with Crippen LogP contribution < -0.4 is 25.4 Å². The lowest BCUT2D eigenvalue weighted by Gasteiger charge is -2.58. The number of aromatic hydroxyl groups is 2. The van der Waals surface area contributed by atoms with Gasteiger partial charge in [0.25, 0.3) is 0 Å². The zero-order valence-corrected chi connectivity index (χ0v) is 53.0. The highest BCUT2D eigenvalue weighted by Crippen LogP contribution is 2.67. The van der Waals surface area contributed by atoms with E-state index in [9.17, 15) is 34.2 Å². The number of methoxy groups -OCH3 is 2. The Labute approximate surface area is 516 Å². The van der Waals surface area contributed by atoms with Gasteiger partial charge in [0.05, 0.1) is 38.5 Å². The van der Waals surface area contributed by atoms with Crippen LogP contribution in [-0.4, -0.2) is 150 Å². The summed E-state index contributed by atoms with van der Waals surface area (Å²) in [5, 5.41) is 37.2. The number of ketones is 2. The van der Waals surface area contributed by atoms with Crippen LogP contribution in [0, 0.1) is 52.3 Å². The van der Waals surface area contributed by atoms with Crippen LogP contribution in [0.2, 0.25) is 0 Å². The number of aromatic nitrogens is 3. The van der Waals surface area contributed by atoms with Crippen LogP contribution in [-0.2, 0) is 41.7 Å². The topological polar surface area (TPSA) is 227 Å². The zero-order chi connectivity index (χ0) is 62.1. The van der Waals surface area contributed by atoms with Crippen molar-refractivity contribution < 1.29 is 48.4 Å². The normalized spacial score (nSPS) is 24.3. The molecular weight excluding hydrogens is 1100 g/mol. The molecule has 0 bridgehead atoms. The Hall–Kier alpha value is -6.37. The number of carbonyl (C=O) groups is 5. The molecule has 2 heterocycles. The van der Waals surface area contributed by atoms with E-state index in [0.29, 0.717) is 35.3 Å². The summed E-state index contributed by atoms with van der Waals surface area (Å²) in [5.74, 6) is 2.75. The van der Waals surface area contributed by atoms with Crippen LogP contribution in [0.1, 0.15) is 148 Å². The second kappa shape index (κ2) is 31.7. The fourth-order valence-electron chi connectivity index (χ4n) is 15.3. The fourth-order valence-corrected chi connectivity index (χ4v) is 15.3. The quantitative estimate of drug-likeness (QED) is 0.0170. The molecule has 5 aliphatic rings. The maximum absolute atomic E-state index is 13.6. The van der Waals surface area contributed by atoms with Crippen molar-refractivity contribution >= 4 is 41.4 Å².